The van der Waals surface area contributed by atoms with Crippen molar-refractivity contribution in [1.29, 1.82) is 0 Å². The number of ether oxygens (including phenoxy) is 6. The summed E-state index contributed by atoms with van der Waals surface area (Å²) in [5, 5.41) is 121. The molecule has 0 aliphatic carbocycles. The van der Waals surface area contributed by atoms with E-state index in [1.807, 2.05) is 6.08 Å². The number of carbonyl (C=O) groups excluding carboxylic acids is 1. The maximum atomic E-state index is 13.4. The molecule has 19 heteroatoms. The van der Waals surface area contributed by atoms with Gasteiger partial charge in [-0.1, -0.05) is 347 Å². The summed E-state index contributed by atoms with van der Waals surface area (Å²) < 4.78 is 34.4. The van der Waals surface area contributed by atoms with Crippen LogP contribution in [0.25, 0.3) is 0 Å². The maximum absolute atomic E-state index is 13.4. The Morgan fingerprint density at radius 2 is 0.626 bits per heavy atom. The largest absolute Gasteiger partial charge is 0.394 e. The van der Waals surface area contributed by atoms with Crippen LogP contribution in [-0.2, 0) is 33.2 Å². The molecule has 3 aliphatic rings. The van der Waals surface area contributed by atoms with Crippen LogP contribution < -0.4 is 5.32 Å². The molecule has 3 aliphatic heterocycles. The fourth-order valence-electron chi connectivity index (χ4n) is 14.4. The van der Waals surface area contributed by atoms with E-state index in [-0.39, 0.29) is 18.9 Å². The van der Waals surface area contributed by atoms with Gasteiger partial charge in [0.15, 0.2) is 18.9 Å². The highest BCUT2D eigenvalue weighted by Crippen LogP contribution is 2.33. The molecule has 0 spiro atoms. The van der Waals surface area contributed by atoms with Crippen molar-refractivity contribution in [3.05, 3.63) is 12.2 Å². The van der Waals surface area contributed by atoms with Crippen LogP contribution in [0.15, 0.2) is 12.2 Å². The molecule has 3 rings (SSSR count). The summed E-state index contributed by atoms with van der Waals surface area (Å²) in [6.07, 6.45) is 46.7. The first-order valence-corrected chi connectivity index (χ1v) is 41.4. The van der Waals surface area contributed by atoms with Crippen LogP contribution in [0.3, 0.4) is 0 Å². The molecule has 0 saturated carbocycles. The Labute approximate surface area is 601 Å². The summed E-state index contributed by atoms with van der Waals surface area (Å²) in [7, 11) is 0. The van der Waals surface area contributed by atoms with Gasteiger partial charge in [0.2, 0.25) is 5.91 Å². The van der Waals surface area contributed by atoms with Crippen LogP contribution in [-0.4, -0.2) is 193 Å². The van der Waals surface area contributed by atoms with Crippen LogP contribution >= 0.6 is 0 Å². The Balaban J connectivity index is 1.28. The third-order valence-corrected chi connectivity index (χ3v) is 21.1. The molecule has 0 aromatic rings. The molecular formula is C80H153NO18. The van der Waals surface area contributed by atoms with E-state index in [1.165, 1.54) is 289 Å². The molecule has 19 nitrogen and oxygen atoms in total. The molecule has 0 bridgehead atoms. The quantitative estimate of drug-likeness (QED) is 0.0199. The topological polar surface area (TPSA) is 307 Å². The van der Waals surface area contributed by atoms with E-state index in [0.29, 0.717) is 6.42 Å². The van der Waals surface area contributed by atoms with Crippen molar-refractivity contribution in [3.63, 3.8) is 0 Å². The Morgan fingerprint density at radius 1 is 0.354 bits per heavy atom. The lowest BCUT2D eigenvalue weighted by Gasteiger charge is -2.48. The minimum absolute atomic E-state index is 0.250. The second kappa shape index (κ2) is 61.7. The van der Waals surface area contributed by atoms with Gasteiger partial charge in [0, 0.05) is 6.42 Å². The number of aliphatic hydroxyl groups is 11. The van der Waals surface area contributed by atoms with Crippen molar-refractivity contribution >= 4 is 5.91 Å². The fraction of sp³-hybridized carbons (Fsp3) is 0.963. The van der Waals surface area contributed by atoms with E-state index in [0.717, 1.165) is 44.9 Å². The third kappa shape index (κ3) is 41.9. The molecule has 0 radical (unpaired) electrons. The summed E-state index contributed by atoms with van der Waals surface area (Å²) in [6, 6.07) is -0.969. The van der Waals surface area contributed by atoms with Gasteiger partial charge in [-0.3, -0.25) is 4.79 Å². The SMILES string of the molecule is CCCCCCCCCCCCCCC/C=C/C(O)C(COC1OC(CO)C(OC2OC(CO)C(OC3OC(CO)C(O)C(O)C3O)C(O)C2O)C(O)C1O)NC(=O)CCCCCCCCCCCCCCCCCCCCCCCCCCCCCCCCCCCCCCCCC. The molecule has 99 heavy (non-hydrogen) atoms. The van der Waals surface area contributed by atoms with Gasteiger partial charge >= 0.3 is 0 Å². The van der Waals surface area contributed by atoms with E-state index in [1.54, 1.807) is 6.08 Å². The predicted molar refractivity (Wildman–Crippen MR) is 393 cm³/mol. The lowest BCUT2D eigenvalue weighted by Crippen LogP contribution is -2.66. The van der Waals surface area contributed by atoms with Gasteiger partial charge in [0.1, 0.15) is 73.2 Å². The number of rotatable bonds is 67. The molecule has 17 unspecified atom stereocenters. The van der Waals surface area contributed by atoms with E-state index in [2.05, 4.69) is 19.2 Å². The second-order valence-electron chi connectivity index (χ2n) is 30.0. The summed E-state index contributed by atoms with van der Waals surface area (Å²) in [4.78, 5) is 13.4. The molecule has 3 fully saturated rings. The van der Waals surface area contributed by atoms with Crippen molar-refractivity contribution in [2.75, 3.05) is 26.4 Å². The van der Waals surface area contributed by atoms with Crippen molar-refractivity contribution in [2.45, 2.75) is 465 Å². The number of nitrogens with one attached hydrogen (secondary N) is 1. The van der Waals surface area contributed by atoms with Gasteiger partial charge in [0.05, 0.1) is 38.6 Å². The third-order valence-electron chi connectivity index (χ3n) is 21.1. The van der Waals surface area contributed by atoms with E-state index in [4.69, 9.17) is 28.4 Å². The van der Waals surface area contributed by atoms with Crippen LogP contribution in [0.4, 0.5) is 0 Å². The number of carbonyl (C=O) groups is 1. The van der Waals surface area contributed by atoms with Gasteiger partial charge in [-0.15, -0.1) is 0 Å². The minimum Gasteiger partial charge on any atom is -0.394 e. The summed E-state index contributed by atoms with van der Waals surface area (Å²) in [5.41, 5.74) is 0. The van der Waals surface area contributed by atoms with Gasteiger partial charge < -0.3 is 89.9 Å². The molecule has 17 atom stereocenters. The molecule has 12 N–H and O–H groups in total. The zero-order valence-electron chi connectivity index (χ0n) is 62.8. The Hall–Kier alpha value is -1.47. The highest BCUT2D eigenvalue weighted by molar-refractivity contribution is 5.76. The highest BCUT2D eigenvalue weighted by atomic mass is 16.8. The van der Waals surface area contributed by atoms with Gasteiger partial charge in [-0.25, -0.2) is 0 Å². The molecule has 586 valence electrons. The lowest BCUT2D eigenvalue weighted by molar-refractivity contribution is -0.379. The van der Waals surface area contributed by atoms with E-state index in [9.17, 15) is 61.0 Å². The molecule has 1 amide bonds. The average molecular weight is 1420 g/mol. The van der Waals surface area contributed by atoms with Gasteiger partial charge in [-0.05, 0) is 19.3 Å². The number of unbranched alkanes of at least 4 members (excludes halogenated alkanes) is 51. The van der Waals surface area contributed by atoms with Crippen LogP contribution in [0.2, 0.25) is 0 Å². The molecule has 3 heterocycles. The zero-order valence-corrected chi connectivity index (χ0v) is 62.8. The normalized spacial score (nSPS) is 26.6. The van der Waals surface area contributed by atoms with E-state index < -0.39 is 124 Å². The highest BCUT2D eigenvalue weighted by Gasteiger charge is 2.54. The molecular weight excluding hydrogens is 1260 g/mol. The van der Waals surface area contributed by atoms with Crippen molar-refractivity contribution < 1.29 is 89.4 Å². The summed E-state index contributed by atoms with van der Waals surface area (Å²) >= 11 is 0. The first-order valence-electron chi connectivity index (χ1n) is 41.4. The monoisotopic (exact) mass is 1420 g/mol. The summed E-state index contributed by atoms with van der Waals surface area (Å²) in [5.74, 6) is -0.267. The van der Waals surface area contributed by atoms with Crippen molar-refractivity contribution in [1.82, 2.24) is 5.32 Å². The smallest absolute Gasteiger partial charge is 0.220 e. The van der Waals surface area contributed by atoms with Crippen molar-refractivity contribution in [3.8, 4) is 0 Å². The lowest BCUT2D eigenvalue weighted by atomic mass is 9.96. The summed E-state index contributed by atoms with van der Waals surface area (Å²) in [6.45, 7) is 1.78. The van der Waals surface area contributed by atoms with Crippen LogP contribution in [0.5, 0.6) is 0 Å². The molecule has 3 saturated heterocycles. The fourth-order valence-corrected chi connectivity index (χ4v) is 14.4. The first-order chi connectivity index (χ1) is 48.3. The van der Waals surface area contributed by atoms with Gasteiger partial charge in [-0.2, -0.15) is 0 Å². The first kappa shape index (κ1) is 91.7. The van der Waals surface area contributed by atoms with Crippen LogP contribution in [0, 0.1) is 0 Å². The Morgan fingerprint density at radius 3 is 0.949 bits per heavy atom. The van der Waals surface area contributed by atoms with E-state index >= 15 is 0 Å². The second-order valence-corrected chi connectivity index (χ2v) is 30.0. The Bertz CT molecular complexity index is 1840. The number of aliphatic hydroxyl groups excluding tert-OH is 11. The van der Waals surface area contributed by atoms with Crippen molar-refractivity contribution in [2.24, 2.45) is 0 Å². The maximum Gasteiger partial charge on any atom is 0.220 e. The van der Waals surface area contributed by atoms with Gasteiger partial charge in [0.25, 0.3) is 0 Å². The number of allylic oxidation sites excluding steroid dienone is 1. The zero-order chi connectivity index (χ0) is 71.8. The predicted octanol–water partition coefficient (Wildman–Crippen LogP) is 14.0. The Kier molecular flexibility index (Phi) is 57.1. The number of amides is 1. The standard InChI is InChI=1S/C80H153NO18/c1-3-5-7-9-11-13-15-17-19-20-21-22-23-24-25-26-27-28-29-30-31-32-33-34-35-36-37-38-39-40-41-42-44-46-48-50-52-54-56-58-68(86)81-63(64(85)57-55-53-51-49-47-45-43-18-16-14-12-10-8-6-4-2)62-94-78-74(92)71(89)76(66(60-83)96-78)99-80-75(93)72(90)77(67(61-84)97-80)98-79-73(91)70(88)69(87)65(59-82)95-79/h55,57,63-67,69-80,82-85,87-93H,3-54,56,58-62H2,1-2H3,(H,81,86)/b57-55+. The minimum atomic E-state index is -1.98. The average Bonchev–Trinajstić information content (AvgIpc) is 0.784. The molecule has 0 aromatic carbocycles. The molecule has 0 aromatic heterocycles. The number of hydrogen-bond donors (Lipinski definition) is 12. The number of hydrogen-bond acceptors (Lipinski definition) is 18. The van der Waals surface area contributed by atoms with Crippen LogP contribution in [0.1, 0.15) is 361 Å².